The van der Waals surface area contributed by atoms with Gasteiger partial charge in [-0.25, -0.2) is 0 Å². The molecule has 0 radical (unpaired) electrons. The first-order chi connectivity index (χ1) is 13.6. The number of hydrogen-bond acceptors (Lipinski definition) is 5. The zero-order valence-electron chi connectivity index (χ0n) is 15.9. The standard InChI is InChI=1S/C21H24N4O3/c1-3-8-23-20(26)16-13-17(15-22-14-16)21(27)25-11-9-24(10-12-25)18-6-4-5-7-19(18)28-2/h3-7,13-15H,1,8-12H2,2H3,(H,23,26). The van der Waals surface area contributed by atoms with Crippen LogP contribution in [0.1, 0.15) is 20.7 Å². The fraction of sp³-hybridized carbons (Fsp3) is 0.286. The van der Waals surface area contributed by atoms with Crippen molar-refractivity contribution in [2.75, 3.05) is 44.7 Å². The molecule has 0 atom stereocenters. The van der Waals surface area contributed by atoms with Crippen molar-refractivity contribution < 1.29 is 14.3 Å². The van der Waals surface area contributed by atoms with Crippen molar-refractivity contribution in [2.24, 2.45) is 0 Å². The van der Waals surface area contributed by atoms with Crippen LogP contribution in [0, 0.1) is 0 Å². The number of rotatable bonds is 6. The van der Waals surface area contributed by atoms with E-state index in [0.717, 1.165) is 11.4 Å². The summed E-state index contributed by atoms with van der Waals surface area (Å²) >= 11 is 0. The summed E-state index contributed by atoms with van der Waals surface area (Å²) in [5.41, 5.74) is 1.80. The molecule has 1 fully saturated rings. The zero-order valence-corrected chi connectivity index (χ0v) is 15.9. The molecule has 0 bridgehead atoms. The topological polar surface area (TPSA) is 74.8 Å². The maximum absolute atomic E-state index is 12.8. The van der Waals surface area contributed by atoms with Gasteiger partial charge in [-0.1, -0.05) is 18.2 Å². The van der Waals surface area contributed by atoms with Gasteiger partial charge in [0.25, 0.3) is 11.8 Å². The first-order valence-corrected chi connectivity index (χ1v) is 9.15. The van der Waals surface area contributed by atoms with Gasteiger partial charge < -0.3 is 19.9 Å². The number of amides is 2. The highest BCUT2D eigenvalue weighted by Gasteiger charge is 2.24. The van der Waals surface area contributed by atoms with Gasteiger partial charge in [0.1, 0.15) is 5.75 Å². The lowest BCUT2D eigenvalue weighted by molar-refractivity contribution is 0.0746. The summed E-state index contributed by atoms with van der Waals surface area (Å²) in [6.45, 7) is 6.52. The number of carbonyl (C=O) groups excluding carboxylic acids is 2. The van der Waals surface area contributed by atoms with Gasteiger partial charge in [-0.15, -0.1) is 6.58 Å². The van der Waals surface area contributed by atoms with Crippen LogP contribution < -0.4 is 15.0 Å². The van der Waals surface area contributed by atoms with Gasteiger partial charge in [0.2, 0.25) is 0 Å². The first-order valence-electron chi connectivity index (χ1n) is 9.15. The highest BCUT2D eigenvalue weighted by Crippen LogP contribution is 2.28. The van der Waals surface area contributed by atoms with E-state index in [2.05, 4.69) is 21.8 Å². The molecule has 1 aliphatic rings. The Kier molecular flexibility index (Phi) is 6.26. The van der Waals surface area contributed by atoms with Crippen molar-refractivity contribution in [2.45, 2.75) is 0 Å². The number of benzene rings is 1. The predicted molar refractivity (Wildman–Crippen MR) is 108 cm³/mol. The summed E-state index contributed by atoms with van der Waals surface area (Å²) in [6, 6.07) is 9.45. The molecule has 28 heavy (non-hydrogen) atoms. The number of para-hydroxylation sites is 2. The quantitative estimate of drug-likeness (QED) is 0.776. The largest absolute Gasteiger partial charge is 0.495 e. The average Bonchev–Trinajstić information content (AvgIpc) is 2.77. The molecule has 2 aromatic rings. The molecule has 2 heterocycles. The van der Waals surface area contributed by atoms with Gasteiger partial charge in [0.05, 0.1) is 23.9 Å². The second kappa shape index (κ2) is 9.03. The average molecular weight is 380 g/mol. The normalized spacial score (nSPS) is 13.8. The highest BCUT2D eigenvalue weighted by atomic mass is 16.5. The van der Waals surface area contributed by atoms with E-state index in [1.165, 1.54) is 12.4 Å². The number of aromatic nitrogens is 1. The fourth-order valence-electron chi connectivity index (χ4n) is 3.17. The molecule has 1 aromatic carbocycles. The molecular weight excluding hydrogens is 356 g/mol. The van der Waals surface area contributed by atoms with Crippen LogP contribution in [0.15, 0.2) is 55.4 Å². The fourth-order valence-corrected chi connectivity index (χ4v) is 3.17. The minimum absolute atomic E-state index is 0.120. The van der Waals surface area contributed by atoms with E-state index in [1.54, 1.807) is 24.2 Å². The molecular formula is C21H24N4O3. The third-order valence-corrected chi connectivity index (χ3v) is 4.65. The number of nitrogens with zero attached hydrogens (tertiary/aromatic N) is 3. The number of ether oxygens (including phenoxy) is 1. The zero-order chi connectivity index (χ0) is 19.9. The molecule has 1 aromatic heterocycles. The molecule has 0 saturated carbocycles. The Morgan fingerprint density at radius 3 is 2.61 bits per heavy atom. The molecule has 0 aliphatic carbocycles. The third-order valence-electron chi connectivity index (χ3n) is 4.65. The van der Waals surface area contributed by atoms with Crippen molar-refractivity contribution in [1.29, 1.82) is 0 Å². The smallest absolute Gasteiger partial charge is 0.255 e. The van der Waals surface area contributed by atoms with E-state index in [9.17, 15) is 9.59 Å². The lowest BCUT2D eigenvalue weighted by Gasteiger charge is -2.36. The Morgan fingerprint density at radius 1 is 1.18 bits per heavy atom. The van der Waals surface area contributed by atoms with Crippen molar-refractivity contribution in [3.05, 3.63) is 66.5 Å². The molecule has 7 heteroatoms. The van der Waals surface area contributed by atoms with Gasteiger partial charge in [0, 0.05) is 45.1 Å². The second-order valence-electron chi connectivity index (χ2n) is 6.41. The van der Waals surface area contributed by atoms with Crippen molar-refractivity contribution >= 4 is 17.5 Å². The lowest BCUT2D eigenvalue weighted by atomic mass is 10.1. The van der Waals surface area contributed by atoms with Crippen LogP contribution in [0.5, 0.6) is 5.75 Å². The van der Waals surface area contributed by atoms with Crippen LogP contribution in [0.25, 0.3) is 0 Å². The van der Waals surface area contributed by atoms with Crippen LogP contribution in [0.3, 0.4) is 0 Å². The minimum Gasteiger partial charge on any atom is -0.495 e. The SMILES string of the molecule is C=CCNC(=O)c1cncc(C(=O)N2CCN(c3ccccc3OC)CC2)c1. The molecule has 146 valence electrons. The van der Waals surface area contributed by atoms with E-state index >= 15 is 0 Å². The third kappa shape index (κ3) is 4.31. The van der Waals surface area contributed by atoms with Crippen LogP contribution in [0.2, 0.25) is 0 Å². The monoisotopic (exact) mass is 380 g/mol. The van der Waals surface area contributed by atoms with E-state index in [1.807, 2.05) is 24.3 Å². The van der Waals surface area contributed by atoms with Crippen LogP contribution in [-0.4, -0.2) is 61.5 Å². The summed E-state index contributed by atoms with van der Waals surface area (Å²) in [6.07, 6.45) is 4.55. The first kappa shape index (κ1) is 19.4. The predicted octanol–water partition coefficient (Wildman–Crippen LogP) is 1.97. The van der Waals surface area contributed by atoms with Crippen molar-refractivity contribution in [3.8, 4) is 5.75 Å². The summed E-state index contributed by atoms with van der Waals surface area (Å²) < 4.78 is 5.43. The number of pyridine rings is 1. The molecule has 0 unspecified atom stereocenters. The lowest BCUT2D eigenvalue weighted by Crippen LogP contribution is -2.49. The highest BCUT2D eigenvalue weighted by molar-refractivity contribution is 5.99. The van der Waals surface area contributed by atoms with Gasteiger partial charge in [-0.05, 0) is 18.2 Å². The van der Waals surface area contributed by atoms with Crippen LogP contribution in [0.4, 0.5) is 5.69 Å². The Hall–Kier alpha value is -3.35. The molecule has 3 rings (SSSR count). The summed E-state index contributed by atoms with van der Waals surface area (Å²) in [4.78, 5) is 33.0. The van der Waals surface area contributed by atoms with E-state index < -0.39 is 0 Å². The molecule has 7 nitrogen and oxygen atoms in total. The second-order valence-corrected chi connectivity index (χ2v) is 6.41. The number of methoxy groups -OCH3 is 1. The van der Waals surface area contributed by atoms with E-state index in [0.29, 0.717) is 43.9 Å². The summed E-state index contributed by atoms with van der Waals surface area (Å²) in [5, 5.41) is 2.69. The molecule has 0 spiro atoms. The van der Waals surface area contributed by atoms with Gasteiger partial charge in [-0.2, -0.15) is 0 Å². The Balaban J connectivity index is 1.65. The Bertz CT molecular complexity index is 860. The number of piperazine rings is 1. The van der Waals surface area contributed by atoms with E-state index in [4.69, 9.17) is 4.74 Å². The van der Waals surface area contributed by atoms with Crippen LogP contribution >= 0.6 is 0 Å². The summed E-state index contributed by atoms with van der Waals surface area (Å²) in [5.74, 6) is 0.429. The Labute approximate surface area is 164 Å². The summed E-state index contributed by atoms with van der Waals surface area (Å²) in [7, 11) is 1.66. The van der Waals surface area contributed by atoms with Gasteiger partial charge in [-0.3, -0.25) is 14.6 Å². The number of carbonyl (C=O) groups is 2. The molecule has 2 amide bonds. The van der Waals surface area contributed by atoms with Gasteiger partial charge in [0.15, 0.2) is 0 Å². The van der Waals surface area contributed by atoms with E-state index in [-0.39, 0.29) is 11.8 Å². The van der Waals surface area contributed by atoms with Gasteiger partial charge >= 0.3 is 0 Å². The minimum atomic E-state index is -0.275. The van der Waals surface area contributed by atoms with Crippen molar-refractivity contribution in [1.82, 2.24) is 15.2 Å². The number of nitrogens with one attached hydrogen (secondary N) is 1. The number of hydrogen-bond donors (Lipinski definition) is 1. The van der Waals surface area contributed by atoms with Crippen LogP contribution in [-0.2, 0) is 0 Å². The number of anilines is 1. The molecule has 1 saturated heterocycles. The maximum Gasteiger partial charge on any atom is 0.255 e. The maximum atomic E-state index is 12.8. The van der Waals surface area contributed by atoms with Crippen molar-refractivity contribution in [3.63, 3.8) is 0 Å². The molecule has 1 aliphatic heterocycles. The molecule has 1 N–H and O–H groups in total. The Morgan fingerprint density at radius 2 is 1.89 bits per heavy atom.